The van der Waals surface area contributed by atoms with E-state index in [9.17, 15) is 9.59 Å². The summed E-state index contributed by atoms with van der Waals surface area (Å²) in [4.78, 5) is 25.9. The van der Waals surface area contributed by atoms with Crippen molar-refractivity contribution in [1.29, 1.82) is 0 Å². The molecule has 0 spiro atoms. The summed E-state index contributed by atoms with van der Waals surface area (Å²) in [6.07, 6.45) is 4.57. The van der Waals surface area contributed by atoms with Crippen LogP contribution in [-0.4, -0.2) is 35.8 Å². The van der Waals surface area contributed by atoms with E-state index in [1.165, 1.54) is 11.1 Å². The van der Waals surface area contributed by atoms with E-state index in [1.807, 2.05) is 17.9 Å². The van der Waals surface area contributed by atoms with Gasteiger partial charge in [-0.25, -0.2) is 0 Å². The van der Waals surface area contributed by atoms with Crippen molar-refractivity contribution in [2.75, 3.05) is 13.1 Å². The van der Waals surface area contributed by atoms with Crippen molar-refractivity contribution in [3.63, 3.8) is 0 Å². The van der Waals surface area contributed by atoms with E-state index in [0.29, 0.717) is 12.8 Å². The number of carbonyl (C=O) groups is 2. The Labute approximate surface area is 139 Å². The van der Waals surface area contributed by atoms with Gasteiger partial charge in [-0.15, -0.1) is 0 Å². The molecule has 4 heteroatoms. The van der Waals surface area contributed by atoms with Crippen LogP contribution >= 0.6 is 0 Å². The lowest BCUT2D eigenvalue weighted by molar-refractivity contribution is -0.132. The second kappa shape index (κ2) is 8.70. The van der Waals surface area contributed by atoms with E-state index >= 15 is 0 Å². The lowest BCUT2D eigenvalue weighted by Crippen LogP contribution is -2.46. The summed E-state index contributed by atoms with van der Waals surface area (Å²) in [6, 6.07) is 8.57. The van der Waals surface area contributed by atoms with Crippen molar-refractivity contribution in [3.05, 3.63) is 35.4 Å². The molecule has 2 rings (SSSR count). The summed E-state index contributed by atoms with van der Waals surface area (Å²) in [5, 5.41) is 3.07. The maximum atomic E-state index is 12.3. The van der Waals surface area contributed by atoms with Crippen molar-refractivity contribution >= 4 is 11.8 Å². The zero-order valence-corrected chi connectivity index (χ0v) is 14.3. The molecule has 1 aromatic carbocycles. The maximum Gasteiger partial charge on any atom is 0.222 e. The molecule has 1 heterocycles. The topological polar surface area (TPSA) is 49.4 Å². The van der Waals surface area contributed by atoms with Crippen LogP contribution in [0.2, 0.25) is 0 Å². The summed E-state index contributed by atoms with van der Waals surface area (Å²) >= 11 is 0. The first kappa shape index (κ1) is 17.5. The molecule has 126 valence electrons. The van der Waals surface area contributed by atoms with Crippen LogP contribution in [0.15, 0.2) is 24.3 Å². The van der Waals surface area contributed by atoms with Gasteiger partial charge >= 0.3 is 0 Å². The highest BCUT2D eigenvalue weighted by Crippen LogP contribution is 2.14. The Balaban J connectivity index is 1.72. The second-order valence-corrected chi connectivity index (χ2v) is 6.46. The molecule has 1 saturated heterocycles. The third-order valence-electron chi connectivity index (χ3n) is 4.40. The number of nitrogens with zero attached hydrogens (tertiary/aromatic N) is 1. The molecular weight excluding hydrogens is 288 g/mol. The summed E-state index contributed by atoms with van der Waals surface area (Å²) in [5.74, 6) is 0.363. The average molecular weight is 316 g/mol. The quantitative estimate of drug-likeness (QED) is 0.877. The Morgan fingerprint density at radius 2 is 1.96 bits per heavy atom. The Morgan fingerprint density at radius 3 is 2.61 bits per heavy atom. The number of carbonyl (C=O) groups excluding carboxylic acids is 2. The molecule has 1 aromatic rings. The standard InChI is InChI=1S/C19H28N2O2/c1-3-5-18(22)20-17-10-12-21(13-11-17)19(23)9-8-16-7-4-6-15(2)14-16/h4,6-7,14,17H,3,5,8-13H2,1-2H3,(H,20,22). The first-order chi connectivity index (χ1) is 11.1. The molecule has 1 N–H and O–H groups in total. The van der Waals surface area contributed by atoms with Gasteiger partial charge in [-0.2, -0.15) is 0 Å². The van der Waals surface area contributed by atoms with Crippen molar-refractivity contribution in [3.8, 4) is 0 Å². The SMILES string of the molecule is CCCC(=O)NC1CCN(C(=O)CCc2cccc(C)c2)CC1. The van der Waals surface area contributed by atoms with Crippen molar-refractivity contribution in [1.82, 2.24) is 10.2 Å². The fourth-order valence-electron chi connectivity index (χ4n) is 3.08. The molecule has 0 saturated carbocycles. The third-order valence-corrected chi connectivity index (χ3v) is 4.40. The summed E-state index contributed by atoms with van der Waals surface area (Å²) in [5.41, 5.74) is 2.46. The molecule has 23 heavy (non-hydrogen) atoms. The number of rotatable bonds is 6. The number of piperidine rings is 1. The lowest BCUT2D eigenvalue weighted by atomic mass is 10.0. The molecule has 0 bridgehead atoms. The highest BCUT2D eigenvalue weighted by atomic mass is 16.2. The first-order valence-electron chi connectivity index (χ1n) is 8.71. The van der Waals surface area contributed by atoms with Crippen molar-refractivity contribution in [2.45, 2.75) is 58.4 Å². The molecule has 1 aliphatic rings. The molecule has 4 nitrogen and oxygen atoms in total. The van der Waals surface area contributed by atoms with Gasteiger partial charge in [0.15, 0.2) is 0 Å². The van der Waals surface area contributed by atoms with Gasteiger partial charge in [0, 0.05) is 32.0 Å². The van der Waals surface area contributed by atoms with Gasteiger partial charge in [0.25, 0.3) is 0 Å². The lowest BCUT2D eigenvalue weighted by Gasteiger charge is -2.32. The van der Waals surface area contributed by atoms with E-state index < -0.39 is 0 Å². The largest absolute Gasteiger partial charge is 0.353 e. The molecular formula is C19H28N2O2. The minimum absolute atomic E-state index is 0.136. The Bertz CT molecular complexity index is 534. The van der Waals surface area contributed by atoms with Crippen molar-refractivity contribution < 1.29 is 9.59 Å². The number of benzene rings is 1. The van der Waals surface area contributed by atoms with Crippen LogP contribution in [0.25, 0.3) is 0 Å². The van der Waals surface area contributed by atoms with E-state index in [-0.39, 0.29) is 17.9 Å². The number of likely N-dealkylation sites (tertiary alicyclic amines) is 1. The van der Waals surface area contributed by atoms with Gasteiger partial charge in [-0.05, 0) is 38.2 Å². The minimum Gasteiger partial charge on any atom is -0.353 e. The highest BCUT2D eigenvalue weighted by Gasteiger charge is 2.23. The van der Waals surface area contributed by atoms with Crippen LogP contribution in [0.3, 0.4) is 0 Å². The Morgan fingerprint density at radius 1 is 1.22 bits per heavy atom. The maximum absolute atomic E-state index is 12.3. The number of amides is 2. The van der Waals surface area contributed by atoms with Crippen LogP contribution in [0, 0.1) is 6.92 Å². The van der Waals surface area contributed by atoms with Gasteiger partial charge in [0.2, 0.25) is 11.8 Å². The molecule has 0 aromatic heterocycles. The smallest absolute Gasteiger partial charge is 0.222 e. The van der Waals surface area contributed by atoms with E-state index in [4.69, 9.17) is 0 Å². The van der Waals surface area contributed by atoms with Gasteiger partial charge in [0.05, 0.1) is 0 Å². The molecule has 1 fully saturated rings. The zero-order valence-electron chi connectivity index (χ0n) is 14.3. The monoisotopic (exact) mass is 316 g/mol. The third kappa shape index (κ3) is 5.70. The van der Waals surface area contributed by atoms with E-state index in [1.54, 1.807) is 0 Å². The molecule has 1 aliphatic heterocycles. The number of nitrogens with one attached hydrogen (secondary N) is 1. The van der Waals surface area contributed by atoms with Crippen LogP contribution < -0.4 is 5.32 Å². The van der Waals surface area contributed by atoms with Gasteiger partial charge in [0.1, 0.15) is 0 Å². The molecule has 0 atom stereocenters. The molecule has 0 aliphatic carbocycles. The van der Waals surface area contributed by atoms with E-state index in [2.05, 4.69) is 30.4 Å². The highest BCUT2D eigenvalue weighted by molar-refractivity contribution is 5.77. The zero-order chi connectivity index (χ0) is 16.7. The Kier molecular flexibility index (Phi) is 6.63. The number of aryl methyl sites for hydroxylation is 2. The van der Waals surface area contributed by atoms with Gasteiger partial charge < -0.3 is 10.2 Å². The van der Waals surface area contributed by atoms with Crippen LogP contribution in [-0.2, 0) is 16.0 Å². The fraction of sp³-hybridized carbons (Fsp3) is 0.579. The van der Waals surface area contributed by atoms with Crippen LogP contribution in [0.4, 0.5) is 0 Å². The molecule has 2 amide bonds. The normalized spacial score (nSPS) is 15.5. The van der Waals surface area contributed by atoms with Gasteiger partial charge in [-0.1, -0.05) is 36.8 Å². The van der Waals surface area contributed by atoms with Crippen molar-refractivity contribution in [2.24, 2.45) is 0 Å². The minimum atomic E-state index is 0.136. The fourth-order valence-corrected chi connectivity index (χ4v) is 3.08. The van der Waals surface area contributed by atoms with Crippen LogP contribution in [0.5, 0.6) is 0 Å². The van der Waals surface area contributed by atoms with E-state index in [0.717, 1.165) is 38.8 Å². The molecule has 0 radical (unpaired) electrons. The predicted octanol–water partition coefficient (Wildman–Crippen LogP) is 2.83. The number of hydrogen-bond donors (Lipinski definition) is 1. The summed E-state index contributed by atoms with van der Waals surface area (Å²) in [7, 11) is 0. The Hall–Kier alpha value is -1.84. The predicted molar refractivity (Wildman–Crippen MR) is 92.2 cm³/mol. The second-order valence-electron chi connectivity index (χ2n) is 6.46. The van der Waals surface area contributed by atoms with Gasteiger partial charge in [-0.3, -0.25) is 9.59 Å². The van der Waals surface area contributed by atoms with Crippen LogP contribution in [0.1, 0.15) is 50.2 Å². The first-order valence-corrected chi connectivity index (χ1v) is 8.71. The average Bonchev–Trinajstić information content (AvgIpc) is 2.53. The molecule has 0 unspecified atom stereocenters. The summed E-state index contributed by atoms with van der Waals surface area (Å²) in [6.45, 7) is 5.59. The number of hydrogen-bond acceptors (Lipinski definition) is 2. The summed E-state index contributed by atoms with van der Waals surface area (Å²) < 4.78 is 0.